The number of hydrogen-bond donors (Lipinski definition) is 0. The van der Waals surface area contributed by atoms with Crippen LogP contribution in [0.2, 0.25) is 0 Å². The molecule has 8 nitrogen and oxygen atoms in total. The minimum absolute atomic E-state index is 0.0657. The van der Waals surface area contributed by atoms with Crippen molar-refractivity contribution in [3.8, 4) is 0 Å². The third-order valence-corrected chi connectivity index (χ3v) is 6.31. The molecule has 162 valence electrons. The third-order valence-electron chi connectivity index (χ3n) is 6.31. The molecule has 2 aliphatic heterocycles. The Morgan fingerprint density at radius 1 is 0.844 bits per heavy atom. The van der Waals surface area contributed by atoms with Crippen LogP contribution in [0.15, 0.2) is 66.7 Å². The van der Waals surface area contributed by atoms with Gasteiger partial charge in [-0.25, -0.2) is 4.90 Å². The number of benzene rings is 3. The first-order valence-electron chi connectivity index (χ1n) is 10.6. The van der Waals surface area contributed by atoms with Crippen LogP contribution >= 0.6 is 0 Å². The molecule has 32 heavy (non-hydrogen) atoms. The number of rotatable bonds is 4. The van der Waals surface area contributed by atoms with Crippen LogP contribution in [0.3, 0.4) is 0 Å². The van der Waals surface area contributed by atoms with Crippen molar-refractivity contribution in [2.45, 2.75) is 12.5 Å². The molecular weight excluding hydrogens is 408 g/mol. The lowest BCUT2D eigenvalue weighted by atomic mass is 10.1. The average molecular weight is 430 g/mol. The van der Waals surface area contributed by atoms with Gasteiger partial charge in [0.05, 0.1) is 23.1 Å². The maximum atomic E-state index is 13.3. The highest BCUT2D eigenvalue weighted by molar-refractivity contribution is 6.25. The molecule has 0 spiro atoms. The van der Waals surface area contributed by atoms with Crippen molar-refractivity contribution in [3.05, 3.63) is 76.8 Å². The van der Waals surface area contributed by atoms with Gasteiger partial charge in [-0.3, -0.25) is 24.6 Å². The largest absolute Gasteiger partial charge is 0.369 e. The number of nitrogens with zero attached hydrogens (tertiary/aromatic N) is 4. The summed E-state index contributed by atoms with van der Waals surface area (Å²) in [6.45, 7) is 2.65. The van der Waals surface area contributed by atoms with Crippen molar-refractivity contribution in [3.63, 3.8) is 0 Å². The lowest BCUT2D eigenvalue weighted by molar-refractivity contribution is -0.384. The molecule has 2 saturated heterocycles. The van der Waals surface area contributed by atoms with Crippen molar-refractivity contribution in [2.24, 2.45) is 0 Å². The topological polar surface area (TPSA) is 87.0 Å². The second kappa shape index (κ2) is 8.05. The Balaban J connectivity index is 1.30. The van der Waals surface area contributed by atoms with Crippen LogP contribution in [0.4, 0.5) is 17.1 Å². The van der Waals surface area contributed by atoms with Gasteiger partial charge in [0.1, 0.15) is 0 Å². The van der Waals surface area contributed by atoms with Crippen molar-refractivity contribution in [2.75, 3.05) is 36.0 Å². The number of imide groups is 1. The van der Waals surface area contributed by atoms with Gasteiger partial charge in [0, 0.05) is 49.4 Å². The fourth-order valence-electron chi connectivity index (χ4n) is 4.63. The molecule has 2 aliphatic rings. The second-order valence-electron chi connectivity index (χ2n) is 8.08. The molecule has 2 heterocycles. The summed E-state index contributed by atoms with van der Waals surface area (Å²) in [5, 5.41) is 12.7. The lowest BCUT2D eigenvalue weighted by Gasteiger charge is -2.38. The van der Waals surface area contributed by atoms with Crippen molar-refractivity contribution >= 4 is 39.6 Å². The van der Waals surface area contributed by atoms with E-state index in [-0.39, 0.29) is 23.9 Å². The van der Waals surface area contributed by atoms with Gasteiger partial charge in [-0.15, -0.1) is 0 Å². The summed E-state index contributed by atoms with van der Waals surface area (Å²) in [4.78, 5) is 42.2. The van der Waals surface area contributed by atoms with Crippen LogP contribution in [-0.4, -0.2) is 53.9 Å². The molecule has 0 radical (unpaired) electrons. The van der Waals surface area contributed by atoms with Crippen LogP contribution in [-0.2, 0) is 9.59 Å². The zero-order valence-corrected chi connectivity index (χ0v) is 17.4. The van der Waals surface area contributed by atoms with E-state index in [1.54, 1.807) is 12.1 Å². The average Bonchev–Trinajstić information content (AvgIpc) is 3.12. The maximum Gasteiger partial charge on any atom is 0.269 e. The van der Waals surface area contributed by atoms with E-state index < -0.39 is 11.0 Å². The molecular formula is C24H22N4O4. The van der Waals surface area contributed by atoms with Crippen LogP contribution in [0.5, 0.6) is 0 Å². The van der Waals surface area contributed by atoms with E-state index in [1.807, 2.05) is 42.5 Å². The summed E-state index contributed by atoms with van der Waals surface area (Å²) in [7, 11) is 0. The normalized spacial score (nSPS) is 19.7. The Morgan fingerprint density at radius 3 is 2.25 bits per heavy atom. The molecule has 0 unspecified atom stereocenters. The molecule has 0 aliphatic carbocycles. The van der Waals surface area contributed by atoms with Crippen LogP contribution < -0.4 is 9.80 Å². The predicted molar refractivity (Wildman–Crippen MR) is 122 cm³/mol. The Labute approximate surface area is 184 Å². The summed E-state index contributed by atoms with van der Waals surface area (Å²) in [5.41, 5.74) is 1.63. The van der Waals surface area contributed by atoms with E-state index in [1.165, 1.54) is 17.0 Å². The third kappa shape index (κ3) is 3.48. The van der Waals surface area contributed by atoms with Gasteiger partial charge >= 0.3 is 0 Å². The first-order chi connectivity index (χ1) is 15.5. The molecule has 1 atom stereocenters. The Morgan fingerprint density at radius 2 is 1.53 bits per heavy atom. The Hall–Kier alpha value is -3.78. The molecule has 0 N–H and O–H groups in total. The standard InChI is InChI=1S/C24H22N4O4/c29-23-16-22(24(30)27(23)21-7-3-5-17-4-1-2-6-20(17)21)26-14-12-25(13-15-26)18-8-10-19(11-9-18)28(31)32/h1-11,22H,12-16H2/t22-/m0/s1. The number of anilines is 2. The van der Waals surface area contributed by atoms with E-state index in [0.717, 1.165) is 16.5 Å². The van der Waals surface area contributed by atoms with Gasteiger partial charge in [0.25, 0.3) is 11.6 Å². The van der Waals surface area contributed by atoms with Crippen LogP contribution in [0.25, 0.3) is 10.8 Å². The molecule has 0 saturated carbocycles. The molecule has 0 aromatic heterocycles. The fourth-order valence-corrected chi connectivity index (χ4v) is 4.63. The number of non-ortho nitro benzene ring substituents is 1. The molecule has 2 amide bonds. The van der Waals surface area contributed by atoms with Gasteiger partial charge in [0.15, 0.2) is 0 Å². The minimum Gasteiger partial charge on any atom is -0.369 e. The zero-order valence-electron chi connectivity index (χ0n) is 17.4. The number of piperazine rings is 1. The van der Waals surface area contributed by atoms with Crippen molar-refractivity contribution in [1.29, 1.82) is 0 Å². The van der Waals surface area contributed by atoms with Gasteiger partial charge in [-0.1, -0.05) is 36.4 Å². The van der Waals surface area contributed by atoms with E-state index in [4.69, 9.17) is 0 Å². The minimum atomic E-state index is -0.458. The SMILES string of the molecule is O=C1C[C@H](N2CCN(c3ccc([N+](=O)[O-])cc3)CC2)C(=O)N1c1cccc2ccccc12. The van der Waals surface area contributed by atoms with Crippen molar-refractivity contribution < 1.29 is 14.5 Å². The first kappa shape index (κ1) is 20.1. The zero-order chi connectivity index (χ0) is 22.2. The number of carbonyl (C=O) groups is 2. The summed E-state index contributed by atoms with van der Waals surface area (Å²) < 4.78 is 0. The van der Waals surface area contributed by atoms with E-state index >= 15 is 0 Å². The lowest BCUT2D eigenvalue weighted by Crippen LogP contribution is -2.52. The Bertz CT molecular complexity index is 1200. The van der Waals surface area contributed by atoms with Gasteiger partial charge in [-0.05, 0) is 23.6 Å². The van der Waals surface area contributed by atoms with E-state index in [0.29, 0.717) is 31.9 Å². The smallest absolute Gasteiger partial charge is 0.269 e. The van der Waals surface area contributed by atoms with Crippen LogP contribution in [0, 0.1) is 10.1 Å². The summed E-state index contributed by atoms with van der Waals surface area (Å²) in [5.74, 6) is -0.343. The summed E-state index contributed by atoms with van der Waals surface area (Å²) in [6, 6.07) is 19.5. The highest BCUT2D eigenvalue weighted by Gasteiger charge is 2.43. The maximum absolute atomic E-state index is 13.3. The summed E-state index contributed by atoms with van der Waals surface area (Å²) >= 11 is 0. The second-order valence-corrected chi connectivity index (χ2v) is 8.08. The number of carbonyl (C=O) groups excluding carboxylic acids is 2. The molecule has 3 aromatic carbocycles. The molecule has 2 fully saturated rings. The molecule has 5 rings (SSSR count). The van der Waals surface area contributed by atoms with E-state index in [2.05, 4.69) is 9.80 Å². The van der Waals surface area contributed by atoms with E-state index in [9.17, 15) is 19.7 Å². The van der Waals surface area contributed by atoms with Crippen molar-refractivity contribution in [1.82, 2.24) is 4.90 Å². The van der Waals surface area contributed by atoms with Gasteiger partial charge in [-0.2, -0.15) is 0 Å². The number of nitro benzene ring substituents is 1. The van der Waals surface area contributed by atoms with Crippen LogP contribution in [0.1, 0.15) is 6.42 Å². The predicted octanol–water partition coefficient (Wildman–Crippen LogP) is 3.20. The molecule has 8 heteroatoms. The monoisotopic (exact) mass is 430 g/mol. The first-order valence-corrected chi connectivity index (χ1v) is 10.6. The number of hydrogen-bond acceptors (Lipinski definition) is 6. The Kier molecular flexibility index (Phi) is 5.07. The molecule has 0 bridgehead atoms. The van der Waals surface area contributed by atoms with Gasteiger partial charge < -0.3 is 4.90 Å². The fraction of sp³-hybridized carbons (Fsp3) is 0.250. The number of fused-ring (bicyclic) bond motifs is 1. The molecule has 3 aromatic rings. The number of nitro groups is 1. The summed E-state index contributed by atoms with van der Waals surface area (Å²) in [6.07, 6.45) is 0.180. The highest BCUT2D eigenvalue weighted by Crippen LogP contribution is 2.32. The van der Waals surface area contributed by atoms with Gasteiger partial charge in [0.2, 0.25) is 5.91 Å². The number of amides is 2. The quantitative estimate of drug-likeness (QED) is 0.359. The highest BCUT2D eigenvalue weighted by atomic mass is 16.6.